The van der Waals surface area contributed by atoms with Crippen molar-refractivity contribution in [2.45, 2.75) is 45.6 Å². The summed E-state index contributed by atoms with van der Waals surface area (Å²) in [5.74, 6) is 2.09. The van der Waals surface area contributed by atoms with Crippen LogP contribution in [-0.4, -0.2) is 45.0 Å². The van der Waals surface area contributed by atoms with Crippen LogP contribution in [0.15, 0.2) is 35.1 Å². The molecule has 2 fully saturated rings. The summed E-state index contributed by atoms with van der Waals surface area (Å²) in [6, 6.07) is 5.48. The summed E-state index contributed by atoms with van der Waals surface area (Å²) in [5, 5.41) is 4.81. The molecule has 0 aliphatic carbocycles. The van der Waals surface area contributed by atoms with Crippen LogP contribution >= 0.6 is 0 Å². The molecule has 1 amide bonds. The first-order chi connectivity index (χ1) is 14.1. The lowest BCUT2D eigenvalue weighted by molar-refractivity contribution is 0.0573. The maximum atomic E-state index is 12.9. The number of hydrogen-bond donors (Lipinski definition) is 0. The van der Waals surface area contributed by atoms with Crippen LogP contribution in [0.1, 0.15) is 60.5 Å². The maximum absolute atomic E-state index is 12.9. The Bertz CT molecular complexity index is 1030. The molecule has 5 rings (SSSR count). The average molecular weight is 393 g/mol. The summed E-state index contributed by atoms with van der Waals surface area (Å²) in [4.78, 5) is 22.2. The molecule has 0 saturated carbocycles. The molecule has 0 bridgehead atoms. The Kier molecular flexibility index (Phi) is 4.53. The van der Waals surface area contributed by atoms with Crippen molar-refractivity contribution in [3.63, 3.8) is 0 Å². The fourth-order valence-corrected chi connectivity index (χ4v) is 4.65. The number of aromatic nitrogens is 3. The Morgan fingerprint density at radius 2 is 2.14 bits per heavy atom. The van der Waals surface area contributed by atoms with Gasteiger partial charge in [-0.25, -0.2) is 9.50 Å². The lowest BCUT2D eigenvalue weighted by Gasteiger charge is -2.34. The third-order valence-electron chi connectivity index (χ3n) is 6.18. The van der Waals surface area contributed by atoms with Gasteiger partial charge in [0.2, 0.25) is 0 Å². The van der Waals surface area contributed by atoms with E-state index in [1.807, 2.05) is 15.5 Å². The second-order valence-electron chi connectivity index (χ2n) is 8.45. The maximum Gasteiger partial charge on any atom is 0.290 e. The largest absolute Gasteiger partial charge is 0.459 e. The minimum atomic E-state index is -0.0624. The van der Waals surface area contributed by atoms with Crippen molar-refractivity contribution in [3.8, 4) is 0 Å². The summed E-state index contributed by atoms with van der Waals surface area (Å²) >= 11 is 0. The van der Waals surface area contributed by atoms with E-state index in [1.54, 1.807) is 18.4 Å². The van der Waals surface area contributed by atoms with E-state index in [2.05, 4.69) is 24.9 Å². The highest BCUT2D eigenvalue weighted by atomic mass is 16.3. The molecule has 2 atom stereocenters. The van der Waals surface area contributed by atoms with Crippen LogP contribution in [0.2, 0.25) is 0 Å². The van der Waals surface area contributed by atoms with Crippen molar-refractivity contribution in [2.24, 2.45) is 5.92 Å². The van der Waals surface area contributed by atoms with Gasteiger partial charge in [0.25, 0.3) is 5.91 Å². The van der Waals surface area contributed by atoms with E-state index in [0.29, 0.717) is 11.7 Å². The van der Waals surface area contributed by atoms with E-state index in [-0.39, 0.29) is 11.9 Å². The molecule has 0 N–H and O–H groups in total. The molecule has 7 heteroatoms. The number of fused-ring (bicyclic) bond motifs is 1. The van der Waals surface area contributed by atoms with Gasteiger partial charge in [0.05, 0.1) is 18.0 Å². The topological polar surface area (TPSA) is 66.9 Å². The monoisotopic (exact) mass is 393 g/mol. The van der Waals surface area contributed by atoms with Crippen molar-refractivity contribution in [1.29, 1.82) is 0 Å². The summed E-state index contributed by atoms with van der Waals surface area (Å²) in [6.07, 6.45) is 7.82. The van der Waals surface area contributed by atoms with E-state index in [4.69, 9.17) is 14.5 Å². The molecule has 7 nitrogen and oxygen atoms in total. The molecule has 29 heavy (non-hydrogen) atoms. The van der Waals surface area contributed by atoms with Crippen LogP contribution in [0, 0.1) is 12.8 Å². The third-order valence-corrected chi connectivity index (χ3v) is 6.18. The Morgan fingerprint density at radius 1 is 1.24 bits per heavy atom. The highest BCUT2D eigenvalue weighted by Crippen LogP contribution is 2.33. The smallest absolute Gasteiger partial charge is 0.290 e. The molecule has 5 heterocycles. The molecule has 0 unspecified atom stereocenters. The predicted molar refractivity (Wildman–Crippen MR) is 110 cm³/mol. The van der Waals surface area contributed by atoms with Gasteiger partial charge in [-0.2, -0.15) is 5.10 Å². The van der Waals surface area contributed by atoms with Gasteiger partial charge in [0, 0.05) is 37.5 Å². The van der Waals surface area contributed by atoms with Gasteiger partial charge in [0.15, 0.2) is 11.4 Å². The van der Waals surface area contributed by atoms with Gasteiger partial charge in [-0.05, 0) is 50.7 Å². The van der Waals surface area contributed by atoms with Crippen molar-refractivity contribution >= 4 is 17.4 Å². The quantitative estimate of drug-likeness (QED) is 0.676. The Labute approximate surface area is 170 Å². The second-order valence-corrected chi connectivity index (χ2v) is 8.45. The first-order valence-corrected chi connectivity index (χ1v) is 10.6. The highest BCUT2D eigenvalue weighted by molar-refractivity contribution is 5.91. The molecular formula is C22H27N5O2. The van der Waals surface area contributed by atoms with Crippen molar-refractivity contribution in [2.75, 3.05) is 24.5 Å². The zero-order chi connectivity index (χ0) is 20.0. The van der Waals surface area contributed by atoms with Gasteiger partial charge in [-0.15, -0.1) is 0 Å². The van der Waals surface area contributed by atoms with E-state index in [1.165, 1.54) is 6.42 Å². The minimum Gasteiger partial charge on any atom is -0.459 e. The van der Waals surface area contributed by atoms with Gasteiger partial charge >= 0.3 is 0 Å². The number of furan rings is 1. The van der Waals surface area contributed by atoms with E-state index in [9.17, 15) is 4.79 Å². The van der Waals surface area contributed by atoms with Crippen LogP contribution in [0.25, 0.3) is 5.65 Å². The molecule has 152 valence electrons. The number of carbonyl (C=O) groups excluding carboxylic acids is 1. The Morgan fingerprint density at radius 3 is 2.90 bits per heavy atom. The van der Waals surface area contributed by atoms with E-state index >= 15 is 0 Å². The number of piperidine rings is 1. The normalized spacial score (nSPS) is 22.6. The van der Waals surface area contributed by atoms with Crippen LogP contribution < -0.4 is 4.90 Å². The van der Waals surface area contributed by atoms with Gasteiger partial charge in [-0.3, -0.25) is 4.79 Å². The molecule has 3 aromatic rings. The molecule has 0 aromatic carbocycles. The fraction of sp³-hybridized carbons (Fsp3) is 0.500. The zero-order valence-electron chi connectivity index (χ0n) is 17.0. The summed E-state index contributed by atoms with van der Waals surface area (Å²) in [6.45, 7) is 7.22. The molecule has 3 aromatic heterocycles. The summed E-state index contributed by atoms with van der Waals surface area (Å²) in [7, 11) is 0. The number of carbonyl (C=O) groups is 1. The van der Waals surface area contributed by atoms with Crippen molar-refractivity contribution in [1.82, 2.24) is 19.5 Å². The first kappa shape index (κ1) is 18.2. The lowest BCUT2D eigenvalue weighted by atomic mass is 9.99. The molecular weight excluding hydrogens is 366 g/mol. The molecule has 0 radical (unpaired) electrons. The number of anilines is 1. The third kappa shape index (κ3) is 3.28. The van der Waals surface area contributed by atoms with Crippen LogP contribution in [-0.2, 0) is 0 Å². The van der Waals surface area contributed by atoms with E-state index < -0.39 is 0 Å². The summed E-state index contributed by atoms with van der Waals surface area (Å²) in [5.41, 5.74) is 2.88. The molecule has 2 saturated heterocycles. The van der Waals surface area contributed by atoms with Crippen LogP contribution in [0.5, 0.6) is 0 Å². The molecule has 0 spiro atoms. The van der Waals surface area contributed by atoms with E-state index in [0.717, 1.165) is 61.6 Å². The number of likely N-dealkylation sites (tertiary alicyclic amines) is 1. The zero-order valence-corrected chi connectivity index (χ0v) is 17.0. The number of nitrogens with zero attached hydrogens (tertiary/aromatic N) is 5. The van der Waals surface area contributed by atoms with Crippen LogP contribution in [0.3, 0.4) is 0 Å². The standard InChI is InChI=1S/C22H27N5O2/c1-15-8-10-25(13-15)21-16(2)14-27-20(23-21)12-17(24-27)18-6-3-4-9-26(18)22(28)19-7-5-11-29-19/h5,7,11-12,14-15,18H,3-4,6,8-10,13H2,1-2H3/t15-,18-/m0/s1. The SMILES string of the molecule is Cc1cn2nc([C@@H]3CCCCN3C(=O)c3ccco3)cc2nc1N1CC[C@H](C)C1. The summed E-state index contributed by atoms with van der Waals surface area (Å²) < 4.78 is 7.21. The highest BCUT2D eigenvalue weighted by Gasteiger charge is 2.32. The number of aryl methyl sites for hydroxylation is 1. The number of hydrogen-bond acceptors (Lipinski definition) is 5. The predicted octanol–water partition coefficient (Wildman–Crippen LogP) is 3.84. The average Bonchev–Trinajstić information content (AvgIpc) is 3.47. The van der Waals surface area contributed by atoms with Crippen LogP contribution in [0.4, 0.5) is 5.82 Å². The molecule has 2 aliphatic rings. The lowest BCUT2D eigenvalue weighted by Crippen LogP contribution is -2.38. The van der Waals surface area contributed by atoms with Crippen molar-refractivity contribution < 1.29 is 9.21 Å². The van der Waals surface area contributed by atoms with Crippen molar-refractivity contribution in [3.05, 3.63) is 47.7 Å². The Hall–Kier alpha value is -2.83. The minimum absolute atomic E-state index is 0.0429. The number of rotatable bonds is 3. The van der Waals surface area contributed by atoms with Gasteiger partial charge < -0.3 is 14.2 Å². The fourth-order valence-electron chi connectivity index (χ4n) is 4.65. The second kappa shape index (κ2) is 7.21. The van der Waals surface area contributed by atoms with Gasteiger partial charge in [0.1, 0.15) is 5.82 Å². The number of amides is 1. The molecule has 2 aliphatic heterocycles. The first-order valence-electron chi connectivity index (χ1n) is 10.6. The Balaban J connectivity index is 1.48. The van der Waals surface area contributed by atoms with Gasteiger partial charge in [-0.1, -0.05) is 6.92 Å².